The zero-order valence-electron chi connectivity index (χ0n) is 9.06. The van der Waals surface area contributed by atoms with Crippen LogP contribution in [0.1, 0.15) is 18.4 Å². The van der Waals surface area contributed by atoms with Gasteiger partial charge < -0.3 is 20.3 Å². The summed E-state index contributed by atoms with van der Waals surface area (Å²) in [5.74, 6) is 0.843. The van der Waals surface area contributed by atoms with Crippen molar-refractivity contribution in [2.75, 3.05) is 18.9 Å². The average Bonchev–Trinajstić information content (AvgIpc) is 2.33. The van der Waals surface area contributed by atoms with Gasteiger partial charge >= 0.3 is 0 Å². The van der Waals surface area contributed by atoms with E-state index in [0.717, 1.165) is 12.8 Å². The highest BCUT2D eigenvalue weighted by atomic mass is 16.5. The first-order valence-electron chi connectivity index (χ1n) is 5.40. The van der Waals surface area contributed by atoms with Gasteiger partial charge in [0.2, 0.25) is 0 Å². The van der Waals surface area contributed by atoms with Crippen LogP contribution in [0, 0.1) is 0 Å². The Labute approximate surface area is 94.2 Å². The van der Waals surface area contributed by atoms with E-state index in [1.54, 1.807) is 12.3 Å². The minimum atomic E-state index is -0.0920. The number of anilines is 1. The molecule has 2 rings (SSSR count). The predicted molar refractivity (Wildman–Crippen MR) is 59.0 cm³/mol. The Bertz CT molecular complexity index is 351. The van der Waals surface area contributed by atoms with Gasteiger partial charge in [-0.3, -0.25) is 0 Å². The van der Waals surface area contributed by atoms with Crippen molar-refractivity contribution >= 4 is 5.82 Å². The largest absolute Gasteiger partial charge is 0.486 e. The third kappa shape index (κ3) is 2.43. The molecule has 5 nitrogen and oxygen atoms in total. The molecule has 0 aromatic carbocycles. The van der Waals surface area contributed by atoms with Crippen LogP contribution < -0.4 is 10.5 Å². The Hall–Kier alpha value is -1.33. The average molecular weight is 224 g/mol. The van der Waals surface area contributed by atoms with Gasteiger partial charge in [0, 0.05) is 24.6 Å². The fourth-order valence-corrected chi connectivity index (χ4v) is 1.73. The molecule has 1 fully saturated rings. The zero-order chi connectivity index (χ0) is 11.4. The van der Waals surface area contributed by atoms with Gasteiger partial charge in [-0.15, -0.1) is 0 Å². The van der Waals surface area contributed by atoms with Crippen LogP contribution in [0.2, 0.25) is 0 Å². The van der Waals surface area contributed by atoms with Crippen LogP contribution >= 0.6 is 0 Å². The van der Waals surface area contributed by atoms with E-state index in [9.17, 15) is 5.11 Å². The van der Waals surface area contributed by atoms with Crippen LogP contribution in [-0.4, -0.2) is 29.4 Å². The highest BCUT2D eigenvalue weighted by Crippen LogP contribution is 2.27. The molecular formula is C11H16N2O3. The highest BCUT2D eigenvalue weighted by Gasteiger charge is 2.18. The van der Waals surface area contributed by atoms with Crippen LogP contribution in [0.3, 0.4) is 0 Å². The molecule has 1 aliphatic rings. The van der Waals surface area contributed by atoms with E-state index in [0.29, 0.717) is 30.3 Å². The summed E-state index contributed by atoms with van der Waals surface area (Å²) in [5.41, 5.74) is 6.42. The molecule has 0 aliphatic carbocycles. The molecule has 0 unspecified atom stereocenters. The molecule has 0 atom stereocenters. The monoisotopic (exact) mass is 224 g/mol. The van der Waals surface area contributed by atoms with Gasteiger partial charge in [-0.25, -0.2) is 4.98 Å². The summed E-state index contributed by atoms with van der Waals surface area (Å²) >= 11 is 0. The summed E-state index contributed by atoms with van der Waals surface area (Å²) < 4.78 is 11.0. The zero-order valence-corrected chi connectivity index (χ0v) is 9.06. The number of nitrogens with zero attached hydrogens (tertiary/aromatic N) is 1. The van der Waals surface area contributed by atoms with E-state index in [2.05, 4.69) is 4.98 Å². The standard InChI is InChI=1S/C11H16N2O3/c12-11-10(8(7-14)1-4-13-11)16-9-2-5-15-6-3-9/h1,4,9,14H,2-3,5-7H2,(H2,12,13). The number of hydrogen-bond acceptors (Lipinski definition) is 5. The molecule has 0 amide bonds. The second-order valence-electron chi connectivity index (χ2n) is 3.77. The van der Waals surface area contributed by atoms with Crippen molar-refractivity contribution in [2.45, 2.75) is 25.6 Å². The Kier molecular flexibility index (Phi) is 3.58. The van der Waals surface area contributed by atoms with Crippen LogP contribution in [0.15, 0.2) is 12.3 Å². The van der Waals surface area contributed by atoms with Gasteiger partial charge in [-0.1, -0.05) is 0 Å². The number of aliphatic hydroxyl groups is 1. The van der Waals surface area contributed by atoms with E-state index >= 15 is 0 Å². The molecule has 16 heavy (non-hydrogen) atoms. The molecule has 0 bridgehead atoms. The summed E-state index contributed by atoms with van der Waals surface area (Å²) in [6, 6.07) is 1.71. The van der Waals surface area contributed by atoms with Crippen molar-refractivity contribution in [1.29, 1.82) is 0 Å². The summed E-state index contributed by atoms with van der Waals surface area (Å²) in [5, 5.41) is 9.18. The van der Waals surface area contributed by atoms with E-state index in [1.807, 2.05) is 0 Å². The van der Waals surface area contributed by atoms with Crippen LogP contribution in [0.25, 0.3) is 0 Å². The first-order valence-corrected chi connectivity index (χ1v) is 5.40. The smallest absolute Gasteiger partial charge is 0.167 e. The minimum absolute atomic E-state index is 0.0920. The number of aliphatic hydroxyl groups excluding tert-OH is 1. The summed E-state index contributed by atoms with van der Waals surface area (Å²) in [6.45, 7) is 1.32. The van der Waals surface area contributed by atoms with E-state index in [1.165, 1.54) is 0 Å². The Morgan fingerprint density at radius 2 is 2.25 bits per heavy atom. The molecule has 3 N–H and O–H groups in total. The molecule has 0 spiro atoms. The Morgan fingerprint density at radius 3 is 2.94 bits per heavy atom. The first kappa shape index (κ1) is 11.2. The molecule has 88 valence electrons. The van der Waals surface area contributed by atoms with E-state index < -0.39 is 0 Å². The lowest BCUT2D eigenvalue weighted by atomic mass is 10.1. The lowest BCUT2D eigenvalue weighted by molar-refractivity contribution is 0.0249. The van der Waals surface area contributed by atoms with Gasteiger partial charge in [0.15, 0.2) is 11.6 Å². The molecule has 0 radical (unpaired) electrons. The van der Waals surface area contributed by atoms with E-state index in [4.69, 9.17) is 15.2 Å². The molecule has 5 heteroatoms. The van der Waals surface area contributed by atoms with Gasteiger partial charge in [0.1, 0.15) is 6.10 Å². The van der Waals surface area contributed by atoms with Crippen LogP contribution in [0.5, 0.6) is 5.75 Å². The maximum atomic E-state index is 9.18. The van der Waals surface area contributed by atoms with Crippen molar-refractivity contribution < 1.29 is 14.6 Å². The van der Waals surface area contributed by atoms with Crippen molar-refractivity contribution in [2.24, 2.45) is 0 Å². The van der Waals surface area contributed by atoms with Gasteiger partial charge in [-0.05, 0) is 6.07 Å². The Balaban J connectivity index is 2.12. The summed E-state index contributed by atoms with van der Waals surface area (Å²) in [4.78, 5) is 3.96. The number of pyridine rings is 1. The SMILES string of the molecule is Nc1nccc(CO)c1OC1CCOCC1. The van der Waals surface area contributed by atoms with Crippen molar-refractivity contribution in [1.82, 2.24) is 4.98 Å². The molecule has 2 heterocycles. The molecular weight excluding hydrogens is 208 g/mol. The summed E-state index contributed by atoms with van der Waals surface area (Å²) in [7, 11) is 0. The van der Waals surface area contributed by atoms with Crippen molar-refractivity contribution in [3.05, 3.63) is 17.8 Å². The van der Waals surface area contributed by atoms with Gasteiger partial charge in [0.05, 0.1) is 19.8 Å². The molecule has 1 saturated heterocycles. The maximum Gasteiger partial charge on any atom is 0.167 e. The second kappa shape index (κ2) is 5.14. The lowest BCUT2D eigenvalue weighted by Crippen LogP contribution is -2.26. The minimum Gasteiger partial charge on any atom is -0.486 e. The lowest BCUT2D eigenvalue weighted by Gasteiger charge is -2.24. The molecule has 1 aromatic heterocycles. The number of nitrogens with two attached hydrogens (primary N) is 1. The highest BCUT2D eigenvalue weighted by molar-refractivity contribution is 5.50. The van der Waals surface area contributed by atoms with Crippen molar-refractivity contribution in [3.8, 4) is 5.75 Å². The molecule has 1 aromatic rings. The number of rotatable bonds is 3. The second-order valence-corrected chi connectivity index (χ2v) is 3.77. The number of aromatic nitrogens is 1. The quantitative estimate of drug-likeness (QED) is 0.790. The predicted octanol–water partition coefficient (Wildman–Crippen LogP) is 0.714. The fraction of sp³-hybridized carbons (Fsp3) is 0.545. The maximum absolute atomic E-state index is 9.18. The normalized spacial score (nSPS) is 17.3. The van der Waals surface area contributed by atoms with Gasteiger partial charge in [-0.2, -0.15) is 0 Å². The first-order chi connectivity index (χ1) is 7.81. The molecule has 0 saturated carbocycles. The third-order valence-electron chi connectivity index (χ3n) is 2.64. The summed E-state index contributed by atoms with van der Waals surface area (Å²) in [6.07, 6.45) is 3.36. The number of ether oxygens (including phenoxy) is 2. The van der Waals surface area contributed by atoms with Crippen molar-refractivity contribution in [3.63, 3.8) is 0 Å². The number of hydrogen-bond donors (Lipinski definition) is 2. The van der Waals surface area contributed by atoms with Gasteiger partial charge in [0.25, 0.3) is 0 Å². The van der Waals surface area contributed by atoms with Crippen LogP contribution in [0.4, 0.5) is 5.82 Å². The molecule has 1 aliphatic heterocycles. The van der Waals surface area contributed by atoms with Crippen LogP contribution in [-0.2, 0) is 11.3 Å². The fourth-order valence-electron chi connectivity index (χ4n) is 1.73. The number of nitrogen functional groups attached to an aromatic ring is 1. The van der Waals surface area contributed by atoms with E-state index in [-0.39, 0.29) is 12.7 Å². The Morgan fingerprint density at radius 1 is 1.50 bits per heavy atom. The third-order valence-corrected chi connectivity index (χ3v) is 2.64. The topological polar surface area (TPSA) is 77.6 Å².